The van der Waals surface area contributed by atoms with Gasteiger partial charge in [0.2, 0.25) is 5.24 Å². The lowest BCUT2D eigenvalue weighted by molar-refractivity contribution is -0.111. The highest BCUT2D eigenvalue weighted by Crippen LogP contribution is 2.13. The van der Waals surface area contributed by atoms with Crippen LogP contribution >= 0.6 is 11.6 Å². The average Bonchev–Trinajstić information content (AvgIpc) is 2.16. The molecule has 0 bridgehead atoms. The summed E-state index contributed by atoms with van der Waals surface area (Å²) in [6.07, 6.45) is 1.93. The summed E-state index contributed by atoms with van der Waals surface area (Å²) in [4.78, 5) is 10.6. The number of ether oxygens (including phenoxy) is 1. The maximum Gasteiger partial charge on any atom is 0.226 e. The Kier molecular flexibility index (Phi) is 4.20. The average molecular weight is 211 g/mol. The molecule has 0 unspecified atom stereocenters. The maximum absolute atomic E-state index is 10.6. The van der Waals surface area contributed by atoms with Gasteiger partial charge in [-0.3, -0.25) is 4.79 Å². The van der Waals surface area contributed by atoms with Crippen molar-refractivity contribution in [2.24, 2.45) is 0 Å². The molecule has 0 fully saturated rings. The first-order valence-corrected chi connectivity index (χ1v) is 4.61. The summed E-state index contributed by atoms with van der Waals surface area (Å²) in [5.74, 6) is 0.760. The van der Waals surface area contributed by atoms with Gasteiger partial charge in [-0.2, -0.15) is 0 Å². The molecule has 0 aromatic heterocycles. The van der Waals surface area contributed by atoms with Crippen LogP contribution in [-0.2, 0) is 11.2 Å². The van der Waals surface area contributed by atoms with Gasteiger partial charge >= 0.3 is 0 Å². The van der Waals surface area contributed by atoms with Crippen molar-refractivity contribution >= 4 is 16.8 Å². The fraction of sp³-hybridized carbons (Fsp3) is 0.182. The number of carbonyl (C=O) groups excluding carboxylic acids is 1. The zero-order valence-corrected chi connectivity index (χ0v) is 8.46. The Morgan fingerprint density at radius 3 is 2.57 bits per heavy atom. The summed E-state index contributed by atoms with van der Waals surface area (Å²) in [5, 5.41) is -0.357. The normalized spacial score (nSPS) is 9.50. The van der Waals surface area contributed by atoms with E-state index in [1.165, 1.54) is 0 Å². The number of halogens is 1. The van der Waals surface area contributed by atoms with Crippen LogP contribution in [0.25, 0.3) is 0 Å². The third-order valence-corrected chi connectivity index (χ3v) is 1.77. The second-order valence-corrected chi connectivity index (χ2v) is 3.20. The van der Waals surface area contributed by atoms with Gasteiger partial charge in [-0.25, -0.2) is 0 Å². The molecule has 1 aromatic rings. The molecule has 0 amide bonds. The first-order chi connectivity index (χ1) is 6.72. The van der Waals surface area contributed by atoms with Gasteiger partial charge in [-0.1, -0.05) is 24.8 Å². The summed E-state index contributed by atoms with van der Waals surface area (Å²) in [7, 11) is 0. The molecule has 2 nitrogen and oxygen atoms in total. The molecular weight excluding hydrogens is 200 g/mol. The summed E-state index contributed by atoms with van der Waals surface area (Å²) in [6.45, 7) is 4.03. The molecule has 0 aliphatic rings. The Balaban J connectivity index is 2.58. The van der Waals surface area contributed by atoms with Gasteiger partial charge in [-0.05, 0) is 29.3 Å². The molecule has 0 heterocycles. The van der Waals surface area contributed by atoms with E-state index in [0.717, 1.165) is 11.3 Å². The molecule has 0 spiro atoms. The predicted molar refractivity (Wildman–Crippen MR) is 56.7 cm³/mol. The van der Waals surface area contributed by atoms with E-state index in [9.17, 15) is 4.79 Å². The standard InChI is InChI=1S/C11H11ClO2/c1-2-7-14-10-5-3-9(4-6-10)8-11(12)13/h2-6H,1,7-8H2. The molecule has 0 radical (unpaired) electrons. The van der Waals surface area contributed by atoms with Crippen molar-refractivity contribution < 1.29 is 9.53 Å². The van der Waals surface area contributed by atoms with Crippen LogP contribution in [-0.4, -0.2) is 11.8 Å². The maximum atomic E-state index is 10.6. The Hall–Kier alpha value is -1.28. The molecule has 74 valence electrons. The lowest BCUT2D eigenvalue weighted by Crippen LogP contribution is -1.95. The molecule has 1 rings (SSSR count). The molecule has 14 heavy (non-hydrogen) atoms. The number of hydrogen-bond donors (Lipinski definition) is 0. The molecular formula is C11H11ClO2. The fourth-order valence-corrected chi connectivity index (χ4v) is 1.17. The summed E-state index contributed by atoms with van der Waals surface area (Å²) in [6, 6.07) is 7.24. The van der Waals surface area contributed by atoms with E-state index >= 15 is 0 Å². The Labute approximate surface area is 88.1 Å². The Morgan fingerprint density at radius 1 is 1.43 bits per heavy atom. The summed E-state index contributed by atoms with van der Waals surface area (Å²) >= 11 is 5.25. The molecule has 3 heteroatoms. The minimum absolute atomic E-state index is 0.253. The smallest absolute Gasteiger partial charge is 0.226 e. The van der Waals surface area contributed by atoms with Crippen molar-refractivity contribution in [3.63, 3.8) is 0 Å². The topological polar surface area (TPSA) is 26.3 Å². The number of rotatable bonds is 5. The quantitative estimate of drug-likeness (QED) is 0.552. The number of hydrogen-bond acceptors (Lipinski definition) is 2. The molecule has 0 N–H and O–H groups in total. The van der Waals surface area contributed by atoms with E-state index in [4.69, 9.17) is 16.3 Å². The van der Waals surface area contributed by atoms with Gasteiger partial charge in [-0.15, -0.1) is 0 Å². The van der Waals surface area contributed by atoms with Crippen LogP contribution in [0.4, 0.5) is 0 Å². The molecule has 0 saturated heterocycles. The van der Waals surface area contributed by atoms with E-state index in [1.54, 1.807) is 18.2 Å². The van der Waals surface area contributed by atoms with Gasteiger partial charge in [0.05, 0.1) is 0 Å². The highest BCUT2D eigenvalue weighted by Gasteiger charge is 1.99. The summed E-state index contributed by atoms with van der Waals surface area (Å²) in [5.41, 5.74) is 0.885. The second-order valence-electron chi connectivity index (χ2n) is 2.78. The minimum atomic E-state index is -0.357. The lowest BCUT2D eigenvalue weighted by atomic mass is 10.2. The van der Waals surface area contributed by atoms with Crippen molar-refractivity contribution in [1.82, 2.24) is 0 Å². The van der Waals surface area contributed by atoms with E-state index in [1.807, 2.05) is 12.1 Å². The van der Waals surface area contributed by atoms with Gasteiger partial charge in [0.15, 0.2) is 0 Å². The summed E-state index contributed by atoms with van der Waals surface area (Å²) < 4.78 is 5.28. The zero-order chi connectivity index (χ0) is 10.4. The van der Waals surface area contributed by atoms with Gasteiger partial charge in [0, 0.05) is 6.42 Å². The van der Waals surface area contributed by atoms with Crippen molar-refractivity contribution in [2.45, 2.75) is 6.42 Å². The molecule has 0 aliphatic carbocycles. The van der Waals surface area contributed by atoms with Crippen LogP contribution in [0.1, 0.15) is 5.56 Å². The van der Waals surface area contributed by atoms with Crippen LogP contribution in [0.5, 0.6) is 5.75 Å². The molecule has 0 saturated carbocycles. The monoisotopic (exact) mass is 210 g/mol. The van der Waals surface area contributed by atoms with Crippen LogP contribution in [0, 0.1) is 0 Å². The van der Waals surface area contributed by atoms with E-state index in [2.05, 4.69) is 6.58 Å². The highest BCUT2D eigenvalue weighted by molar-refractivity contribution is 6.63. The predicted octanol–water partition coefficient (Wildman–Crippen LogP) is 2.56. The third kappa shape index (κ3) is 3.62. The molecule has 1 aromatic carbocycles. The van der Waals surface area contributed by atoms with E-state index < -0.39 is 0 Å². The Bertz CT molecular complexity index is 317. The van der Waals surface area contributed by atoms with Crippen LogP contribution in [0.2, 0.25) is 0 Å². The molecule has 0 aliphatic heterocycles. The van der Waals surface area contributed by atoms with E-state index in [-0.39, 0.29) is 11.7 Å². The first kappa shape index (κ1) is 10.8. The van der Waals surface area contributed by atoms with Crippen LogP contribution in [0.3, 0.4) is 0 Å². The van der Waals surface area contributed by atoms with Crippen LogP contribution in [0.15, 0.2) is 36.9 Å². The highest BCUT2D eigenvalue weighted by atomic mass is 35.5. The Morgan fingerprint density at radius 2 is 2.07 bits per heavy atom. The van der Waals surface area contributed by atoms with Gasteiger partial charge < -0.3 is 4.74 Å². The number of carbonyl (C=O) groups is 1. The third-order valence-electron chi connectivity index (χ3n) is 1.63. The minimum Gasteiger partial charge on any atom is -0.490 e. The first-order valence-electron chi connectivity index (χ1n) is 4.23. The zero-order valence-electron chi connectivity index (χ0n) is 7.70. The fourth-order valence-electron chi connectivity index (χ4n) is 1.02. The number of benzene rings is 1. The van der Waals surface area contributed by atoms with Gasteiger partial charge in [0.25, 0.3) is 0 Å². The lowest BCUT2D eigenvalue weighted by Gasteiger charge is -2.03. The second kappa shape index (κ2) is 5.45. The van der Waals surface area contributed by atoms with Crippen molar-refractivity contribution in [2.75, 3.05) is 6.61 Å². The largest absolute Gasteiger partial charge is 0.490 e. The molecule has 0 atom stereocenters. The SMILES string of the molecule is C=CCOc1ccc(CC(=O)Cl)cc1. The van der Waals surface area contributed by atoms with E-state index in [0.29, 0.717) is 6.61 Å². The van der Waals surface area contributed by atoms with Crippen molar-refractivity contribution in [3.8, 4) is 5.75 Å². The van der Waals surface area contributed by atoms with Crippen LogP contribution < -0.4 is 4.74 Å². The van der Waals surface area contributed by atoms with Crippen molar-refractivity contribution in [3.05, 3.63) is 42.5 Å². The van der Waals surface area contributed by atoms with Crippen molar-refractivity contribution in [1.29, 1.82) is 0 Å². The van der Waals surface area contributed by atoms with Gasteiger partial charge in [0.1, 0.15) is 12.4 Å².